The van der Waals surface area contributed by atoms with Crippen molar-refractivity contribution in [3.63, 3.8) is 0 Å². The van der Waals surface area contributed by atoms with Crippen LogP contribution in [0.5, 0.6) is 0 Å². The van der Waals surface area contributed by atoms with Crippen molar-refractivity contribution >= 4 is 45.9 Å². The quantitative estimate of drug-likeness (QED) is 0.283. The van der Waals surface area contributed by atoms with Crippen LogP contribution in [0.15, 0.2) is 82.7 Å². The zero-order chi connectivity index (χ0) is 27.2. The SMILES string of the molecule is CC1(C)C(=O)Nc2ccccc2N1C(=O)CSc1nc2ccccc2c(=O)n1-c1cccc(C(F)(F)F)c1. The molecule has 1 N–H and O–H groups in total. The van der Waals surface area contributed by atoms with E-state index in [1.54, 1.807) is 62.4 Å². The highest BCUT2D eigenvalue weighted by atomic mass is 32.2. The van der Waals surface area contributed by atoms with Gasteiger partial charge in [0, 0.05) is 0 Å². The molecule has 1 aliphatic rings. The molecule has 0 aliphatic carbocycles. The Morgan fingerprint density at radius 2 is 1.71 bits per heavy atom. The van der Waals surface area contributed by atoms with Crippen LogP contribution >= 0.6 is 11.8 Å². The lowest BCUT2D eigenvalue weighted by Crippen LogP contribution is -2.59. The standard InChI is InChI=1S/C27H21F3N4O3S/c1-26(2)24(37)31-20-12-5-6-13-21(20)34(26)22(35)15-38-25-32-19-11-4-3-10-18(19)23(36)33(25)17-9-7-8-16(14-17)27(28,29)30/h3-14H,15H2,1-2H3,(H,31,37). The van der Waals surface area contributed by atoms with Gasteiger partial charge in [-0.15, -0.1) is 0 Å². The Bertz CT molecular complexity index is 1650. The van der Waals surface area contributed by atoms with Gasteiger partial charge in [0.05, 0.1) is 39.3 Å². The number of benzene rings is 3. The first-order valence-corrected chi connectivity index (χ1v) is 12.5. The number of halogens is 3. The maximum Gasteiger partial charge on any atom is 0.416 e. The Morgan fingerprint density at radius 3 is 2.47 bits per heavy atom. The molecule has 0 bridgehead atoms. The number of alkyl halides is 3. The first-order valence-electron chi connectivity index (χ1n) is 11.5. The van der Waals surface area contributed by atoms with E-state index >= 15 is 0 Å². The average Bonchev–Trinajstić information content (AvgIpc) is 2.87. The molecule has 2 amide bonds. The van der Waals surface area contributed by atoms with Crippen molar-refractivity contribution in [2.24, 2.45) is 0 Å². The van der Waals surface area contributed by atoms with Crippen LogP contribution in [-0.2, 0) is 15.8 Å². The van der Waals surface area contributed by atoms with E-state index in [1.165, 1.54) is 17.0 Å². The van der Waals surface area contributed by atoms with E-state index < -0.39 is 28.7 Å². The number of para-hydroxylation sites is 3. The van der Waals surface area contributed by atoms with Crippen LogP contribution < -0.4 is 15.8 Å². The number of carbonyl (C=O) groups excluding carboxylic acids is 2. The summed E-state index contributed by atoms with van der Waals surface area (Å²) in [6.45, 7) is 3.24. The van der Waals surface area contributed by atoms with Gasteiger partial charge < -0.3 is 5.32 Å². The van der Waals surface area contributed by atoms with Crippen LogP contribution in [0.25, 0.3) is 16.6 Å². The molecule has 0 unspecified atom stereocenters. The summed E-state index contributed by atoms with van der Waals surface area (Å²) in [6, 6.07) is 17.8. The zero-order valence-corrected chi connectivity index (χ0v) is 21.1. The fourth-order valence-corrected chi connectivity index (χ4v) is 5.21. The van der Waals surface area contributed by atoms with E-state index in [2.05, 4.69) is 10.3 Å². The smallest absolute Gasteiger partial charge is 0.322 e. The molecule has 38 heavy (non-hydrogen) atoms. The van der Waals surface area contributed by atoms with E-state index in [9.17, 15) is 27.6 Å². The summed E-state index contributed by atoms with van der Waals surface area (Å²) in [5.41, 5.74) is -1.36. The second-order valence-electron chi connectivity index (χ2n) is 9.15. The molecule has 11 heteroatoms. The number of thioether (sulfide) groups is 1. The lowest BCUT2D eigenvalue weighted by molar-refractivity contribution is -0.137. The molecule has 3 aromatic carbocycles. The molecular weight excluding hydrogens is 517 g/mol. The third kappa shape index (κ3) is 4.43. The van der Waals surface area contributed by atoms with Gasteiger partial charge in [-0.05, 0) is 56.3 Å². The Labute approximate surface area is 219 Å². The minimum Gasteiger partial charge on any atom is -0.322 e. The fraction of sp³-hybridized carbons (Fsp3) is 0.185. The van der Waals surface area contributed by atoms with Gasteiger partial charge in [0.15, 0.2) is 5.16 Å². The number of fused-ring (bicyclic) bond motifs is 2. The first kappa shape index (κ1) is 25.5. The van der Waals surface area contributed by atoms with Gasteiger partial charge in [-0.1, -0.05) is 42.1 Å². The van der Waals surface area contributed by atoms with Crippen LogP contribution in [0.3, 0.4) is 0 Å². The van der Waals surface area contributed by atoms with Gasteiger partial charge in [0.1, 0.15) is 5.54 Å². The Hall–Kier alpha value is -4.12. The molecule has 0 spiro atoms. The van der Waals surface area contributed by atoms with E-state index in [0.29, 0.717) is 16.9 Å². The molecular formula is C27H21F3N4O3S. The van der Waals surface area contributed by atoms with Crippen molar-refractivity contribution in [3.8, 4) is 5.69 Å². The second-order valence-corrected chi connectivity index (χ2v) is 10.1. The number of hydrogen-bond acceptors (Lipinski definition) is 5. The molecule has 0 atom stereocenters. The van der Waals surface area contributed by atoms with Crippen LogP contribution in [-0.4, -0.2) is 32.7 Å². The van der Waals surface area contributed by atoms with Crippen molar-refractivity contribution in [1.82, 2.24) is 9.55 Å². The van der Waals surface area contributed by atoms with E-state index in [0.717, 1.165) is 28.5 Å². The number of rotatable bonds is 4. The highest BCUT2D eigenvalue weighted by Crippen LogP contribution is 2.37. The van der Waals surface area contributed by atoms with Gasteiger partial charge in [0.2, 0.25) is 11.8 Å². The van der Waals surface area contributed by atoms with Crippen molar-refractivity contribution in [3.05, 3.63) is 88.7 Å². The highest BCUT2D eigenvalue weighted by molar-refractivity contribution is 7.99. The number of aromatic nitrogens is 2. The largest absolute Gasteiger partial charge is 0.416 e. The Morgan fingerprint density at radius 1 is 1.00 bits per heavy atom. The summed E-state index contributed by atoms with van der Waals surface area (Å²) in [7, 11) is 0. The predicted octanol–water partition coefficient (Wildman–Crippen LogP) is 5.26. The third-order valence-corrected chi connectivity index (χ3v) is 7.18. The zero-order valence-electron chi connectivity index (χ0n) is 20.2. The highest BCUT2D eigenvalue weighted by Gasteiger charge is 2.43. The molecule has 1 aromatic heterocycles. The molecule has 5 rings (SSSR count). The lowest BCUT2D eigenvalue weighted by Gasteiger charge is -2.42. The molecule has 0 saturated carbocycles. The number of nitrogens with one attached hydrogen (secondary N) is 1. The fourth-order valence-electron chi connectivity index (χ4n) is 4.35. The van der Waals surface area contributed by atoms with Gasteiger partial charge in [-0.3, -0.25) is 23.9 Å². The minimum atomic E-state index is -4.61. The van der Waals surface area contributed by atoms with Crippen LogP contribution in [0.4, 0.5) is 24.5 Å². The van der Waals surface area contributed by atoms with Crippen LogP contribution in [0.1, 0.15) is 19.4 Å². The molecule has 194 valence electrons. The number of nitrogens with zero attached hydrogens (tertiary/aromatic N) is 3. The predicted molar refractivity (Wildman–Crippen MR) is 140 cm³/mol. The van der Waals surface area contributed by atoms with Gasteiger partial charge in [0.25, 0.3) is 5.56 Å². The lowest BCUT2D eigenvalue weighted by atomic mass is 9.96. The Balaban J connectivity index is 1.57. The van der Waals surface area contributed by atoms with Crippen molar-refractivity contribution in [2.75, 3.05) is 16.0 Å². The average molecular weight is 539 g/mol. The second kappa shape index (κ2) is 9.32. The molecule has 4 aromatic rings. The van der Waals surface area contributed by atoms with E-state index in [1.807, 2.05) is 0 Å². The summed E-state index contributed by atoms with van der Waals surface area (Å²) < 4.78 is 41.4. The normalized spacial score (nSPS) is 14.8. The maximum absolute atomic E-state index is 13.5. The maximum atomic E-state index is 13.5. The summed E-state index contributed by atoms with van der Waals surface area (Å²) in [4.78, 5) is 45.6. The summed E-state index contributed by atoms with van der Waals surface area (Å²) in [6.07, 6.45) is -4.61. The number of hydrogen-bond donors (Lipinski definition) is 1. The van der Waals surface area contributed by atoms with Crippen molar-refractivity contribution < 1.29 is 22.8 Å². The number of amides is 2. The number of carbonyl (C=O) groups is 2. The first-order chi connectivity index (χ1) is 18.0. The molecule has 0 saturated heterocycles. The topological polar surface area (TPSA) is 84.3 Å². The van der Waals surface area contributed by atoms with Gasteiger partial charge in [-0.2, -0.15) is 13.2 Å². The Kier molecular flexibility index (Phi) is 6.26. The van der Waals surface area contributed by atoms with E-state index in [-0.39, 0.29) is 27.9 Å². The summed E-state index contributed by atoms with van der Waals surface area (Å²) in [5, 5.41) is 3.07. The monoisotopic (exact) mass is 538 g/mol. The molecule has 0 radical (unpaired) electrons. The van der Waals surface area contributed by atoms with Gasteiger partial charge in [-0.25, -0.2) is 4.98 Å². The molecule has 1 aliphatic heterocycles. The van der Waals surface area contributed by atoms with Gasteiger partial charge >= 0.3 is 6.18 Å². The molecule has 7 nitrogen and oxygen atoms in total. The van der Waals surface area contributed by atoms with Crippen molar-refractivity contribution in [2.45, 2.75) is 30.7 Å². The van der Waals surface area contributed by atoms with Crippen LogP contribution in [0.2, 0.25) is 0 Å². The molecule has 2 heterocycles. The number of anilines is 2. The minimum absolute atomic E-state index is 0.0268. The summed E-state index contributed by atoms with van der Waals surface area (Å²) >= 11 is 0.910. The van der Waals surface area contributed by atoms with Crippen LogP contribution in [0, 0.1) is 0 Å². The molecule has 0 fully saturated rings. The van der Waals surface area contributed by atoms with E-state index in [4.69, 9.17) is 0 Å². The van der Waals surface area contributed by atoms with Crippen molar-refractivity contribution in [1.29, 1.82) is 0 Å². The summed E-state index contributed by atoms with van der Waals surface area (Å²) in [5.74, 6) is -1.02. The third-order valence-electron chi connectivity index (χ3n) is 6.26.